The molecule has 0 bridgehead atoms. The van der Waals surface area contributed by atoms with Crippen molar-refractivity contribution in [2.24, 2.45) is 0 Å². The highest BCUT2D eigenvalue weighted by Crippen LogP contribution is 2.44. The van der Waals surface area contributed by atoms with E-state index in [0.29, 0.717) is 31.6 Å². The quantitative estimate of drug-likeness (QED) is 0.0910. The highest BCUT2D eigenvalue weighted by molar-refractivity contribution is 5.82. The topological polar surface area (TPSA) is 112 Å². The highest BCUT2D eigenvalue weighted by atomic mass is 16.6. The van der Waals surface area contributed by atoms with E-state index >= 15 is 0 Å². The van der Waals surface area contributed by atoms with E-state index in [1.54, 1.807) is 19.2 Å². The van der Waals surface area contributed by atoms with Crippen molar-refractivity contribution >= 4 is 18.2 Å². The third-order valence-corrected chi connectivity index (χ3v) is 7.86. The first-order chi connectivity index (χ1) is 22.5. The maximum absolute atomic E-state index is 13.1. The average molecular weight is 623 g/mol. The van der Waals surface area contributed by atoms with Crippen LogP contribution in [0.5, 0.6) is 5.75 Å². The molecule has 0 saturated carbocycles. The van der Waals surface area contributed by atoms with Gasteiger partial charge in [0.25, 0.3) is 0 Å². The van der Waals surface area contributed by atoms with Gasteiger partial charge in [-0.2, -0.15) is 0 Å². The van der Waals surface area contributed by atoms with E-state index in [0.717, 1.165) is 33.4 Å². The van der Waals surface area contributed by atoms with E-state index in [1.165, 1.54) is 0 Å². The van der Waals surface area contributed by atoms with Crippen molar-refractivity contribution in [3.63, 3.8) is 0 Å². The van der Waals surface area contributed by atoms with E-state index in [-0.39, 0.29) is 25.7 Å². The summed E-state index contributed by atoms with van der Waals surface area (Å²) < 4.78 is 21.7. The third kappa shape index (κ3) is 8.65. The molecule has 0 aliphatic heterocycles. The molecule has 0 radical (unpaired) electrons. The lowest BCUT2D eigenvalue weighted by molar-refractivity contribution is -0.147. The van der Waals surface area contributed by atoms with Gasteiger partial charge in [-0.3, -0.25) is 0 Å². The van der Waals surface area contributed by atoms with Crippen LogP contribution in [0.4, 0.5) is 9.59 Å². The van der Waals surface area contributed by atoms with Crippen molar-refractivity contribution in [3.05, 3.63) is 125 Å². The number of hydrogen-bond donors (Lipinski definition) is 2. The van der Waals surface area contributed by atoms with E-state index in [1.807, 2.05) is 78.9 Å². The van der Waals surface area contributed by atoms with Gasteiger partial charge in [0.05, 0.1) is 7.11 Å². The number of rotatable bonds is 14. The second kappa shape index (κ2) is 16.1. The monoisotopic (exact) mass is 622 g/mol. The van der Waals surface area contributed by atoms with E-state index in [9.17, 15) is 14.4 Å². The molecule has 46 heavy (non-hydrogen) atoms. The van der Waals surface area contributed by atoms with Gasteiger partial charge in [0.1, 0.15) is 31.6 Å². The number of methoxy groups -OCH3 is 1. The maximum atomic E-state index is 13.1. The number of hydrogen-bond acceptors (Lipinski definition) is 7. The first-order valence-electron chi connectivity index (χ1n) is 15.4. The minimum Gasteiger partial charge on any atom is -0.497 e. The molecule has 5 rings (SSSR count). The van der Waals surface area contributed by atoms with Crippen molar-refractivity contribution in [1.82, 2.24) is 10.6 Å². The molecular weight excluding hydrogens is 584 g/mol. The second-order valence-electron chi connectivity index (χ2n) is 11.0. The largest absolute Gasteiger partial charge is 0.497 e. The zero-order valence-corrected chi connectivity index (χ0v) is 25.8. The number of amides is 2. The van der Waals surface area contributed by atoms with Gasteiger partial charge in [-0.25, -0.2) is 14.4 Å². The molecule has 2 N–H and O–H groups in total. The van der Waals surface area contributed by atoms with Gasteiger partial charge in [-0.05, 0) is 64.8 Å². The number of esters is 1. The molecular formula is C37H38N2O7. The molecule has 4 aromatic rings. The summed E-state index contributed by atoms with van der Waals surface area (Å²) in [7, 11) is 1.58. The summed E-state index contributed by atoms with van der Waals surface area (Å²) in [4.78, 5) is 38.2. The van der Waals surface area contributed by atoms with Crippen LogP contribution >= 0.6 is 0 Å². The van der Waals surface area contributed by atoms with Crippen molar-refractivity contribution in [1.29, 1.82) is 0 Å². The molecule has 4 aromatic carbocycles. The lowest BCUT2D eigenvalue weighted by Crippen LogP contribution is -2.42. The minimum atomic E-state index is -0.932. The summed E-state index contributed by atoms with van der Waals surface area (Å²) in [5, 5.41) is 5.43. The highest BCUT2D eigenvalue weighted by Gasteiger charge is 2.30. The minimum absolute atomic E-state index is 0.0422. The first kappa shape index (κ1) is 32.1. The zero-order valence-electron chi connectivity index (χ0n) is 25.8. The zero-order chi connectivity index (χ0) is 32.1. The molecule has 1 aliphatic rings. The summed E-state index contributed by atoms with van der Waals surface area (Å²) in [5.74, 6) is 0.0216. The smallest absolute Gasteiger partial charge is 0.407 e. The Labute approximate surface area is 268 Å². The molecule has 0 unspecified atom stereocenters. The Kier molecular flexibility index (Phi) is 11.3. The summed E-state index contributed by atoms with van der Waals surface area (Å²) in [6, 6.07) is 31.9. The van der Waals surface area contributed by atoms with Crippen molar-refractivity contribution < 1.29 is 33.3 Å². The standard InChI is InChI=1S/C37H38N2O7/c1-43-28-20-18-27(19-21-28)23-44-35(40)34(17-9-10-22-38-36(41)45-24-26-11-3-2-4-12-26)39-37(42)46-25-33-31-15-7-5-13-29(31)30-14-6-8-16-32(30)33/h2-8,11-16,18-21,33-34H,9-10,17,22-25H2,1H3,(H,38,41)(H,39,42)/t34-/m0/s1. The number of carbonyl (C=O) groups excluding carboxylic acids is 3. The fourth-order valence-electron chi connectivity index (χ4n) is 5.45. The molecule has 0 spiro atoms. The van der Waals surface area contributed by atoms with Gasteiger partial charge >= 0.3 is 18.2 Å². The van der Waals surface area contributed by atoms with E-state index < -0.39 is 24.2 Å². The first-order valence-corrected chi connectivity index (χ1v) is 15.4. The van der Waals surface area contributed by atoms with Crippen LogP contribution < -0.4 is 15.4 Å². The average Bonchev–Trinajstić information content (AvgIpc) is 3.42. The number of alkyl carbamates (subject to hydrolysis) is 2. The molecule has 2 amide bonds. The molecule has 0 aromatic heterocycles. The summed E-state index contributed by atoms with van der Waals surface area (Å²) in [5.41, 5.74) is 6.14. The van der Waals surface area contributed by atoms with Crippen LogP contribution in [0.1, 0.15) is 47.4 Å². The number of fused-ring (bicyclic) bond motifs is 3. The lowest BCUT2D eigenvalue weighted by atomic mass is 9.98. The predicted octanol–water partition coefficient (Wildman–Crippen LogP) is 6.74. The van der Waals surface area contributed by atoms with E-state index in [4.69, 9.17) is 18.9 Å². The number of unbranched alkanes of at least 4 members (excludes halogenated alkanes) is 1. The van der Waals surface area contributed by atoms with Crippen LogP contribution in [0.25, 0.3) is 11.1 Å². The Bertz CT molecular complexity index is 1560. The summed E-state index contributed by atoms with van der Waals surface area (Å²) >= 11 is 0. The Morgan fingerprint density at radius 2 is 1.28 bits per heavy atom. The fraction of sp³-hybridized carbons (Fsp3) is 0.270. The second-order valence-corrected chi connectivity index (χ2v) is 11.0. The lowest BCUT2D eigenvalue weighted by Gasteiger charge is -2.19. The Hall–Kier alpha value is -5.31. The summed E-state index contributed by atoms with van der Waals surface area (Å²) in [6.45, 7) is 0.702. The van der Waals surface area contributed by atoms with Crippen LogP contribution in [0.2, 0.25) is 0 Å². The number of benzene rings is 4. The molecule has 1 atom stereocenters. The van der Waals surface area contributed by atoms with Crippen LogP contribution in [-0.4, -0.2) is 44.5 Å². The number of nitrogens with one attached hydrogen (secondary N) is 2. The molecule has 0 fully saturated rings. The molecule has 9 nitrogen and oxygen atoms in total. The van der Waals surface area contributed by atoms with Crippen LogP contribution in [-0.2, 0) is 32.2 Å². The van der Waals surface area contributed by atoms with Gasteiger partial charge in [0.15, 0.2) is 0 Å². The Morgan fingerprint density at radius 1 is 0.674 bits per heavy atom. The van der Waals surface area contributed by atoms with Crippen LogP contribution in [0.15, 0.2) is 103 Å². The van der Waals surface area contributed by atoms with Crippen LogP contribution in [0.3, 0.4) is 0 Å². The molecule has 1 aliphatic carbocycles. The predicted molar refractivity (Wildman–Crippen MR) is 173 cm³/mol. The SMILES string of the molecule is COc1ccc(COC(=O)[C@H](CCCCNC(=O)OCc2ccccc2)NC(=O)OCC2c3ccccc3-c3ccccc32)cc1. The van der Waals surface area contributed by atoms with Gasteiger partial charge < -0.3 is 29.6 Å². The number of carbonyl (C=O) groups is 3. The molecule has 0 heterocycles. The van der Waals surface area contributed by atoms with Gasteiger partial charge in [-0.1, -0.05) is 91.0 Å². The third-order valence-electron chi connectivity index (χ3n) is 7.86. The van der Waals surface area contributed by atoms with Gasteiger partial charge in [0, 0.05) is 12.5 Å². The molecule has 0 saturated heterocycles. The molecule has 9 heteroatoms. The normalized spacial score (nSPS) is 12.3. The van der Waals surface area contributed by atoms with Crippen LogP contribution in [0, 0.1) is 0 Å². The summed E-state index contributed by atoms with van der Waals surface area (Å²) in [6.07, 6.45) is 0.179. The van der Waals surface area contributed by atoms with Gasteiger partial charge in [-0.15, -0.1) is 0 Å². The van der Waals surface area contributed by atoms with Gasteiger partial charge in [0.2, 0.25) is 0 Å². The number of ether oxygens (including phenoxy) is 4. The fourth-order valence-corrected chi connectivity index (χ4v) is 5.45. The van der Waals surface area contributed by atoms with Crippen molar-refractivity contribution in [3.8, 4) is 16.9 Å². The maximum Gasteiger partial charge on any atom is 0.407 e. The van der Waals surface area contributed by atoms with E-state index in [2.05, 4.69) is 22.8 Å². The Morgan fingerprint density at radius 3 is 1.96 bits per heavy atom. The Balaban J connectivity index is 1.13. The van der Waals surface area contributed by atoms with Crippen molar-refractivity contribution in [2.45, 2.75) is 44.4 Å². The van der Waals surface area contributed by atoms with Crippen molar-refractivity contribution in [2.75, 3.05) is 20.3 Å². The molecule has 238 valence electrons.